The number of amides is 1. The van der Waals surface area contributed by atoms with E-state index >= 15 is 0 Å². The van der Waals surface area contributed by atoms with Gasteiger partial charge in [-0.15, -0.1) is 0 Å². The largest absolute Gasteiger partial charge is 0.494 e. The lowest BCUT2D eigenvalue weighted by atomic mass is 10.2. The molecule has 0 atom stereocenters. The molecule has 0 unspecified atom stereocenters. The van der Waals surface area contributed by atoms with Crippen LogP contribution in [0.2, 0.25) is 0 Å². The summed E-state index contributed by atoms with van der Waals surface area (Å²) in [5, 5.41) is 0.474. The minimum atomic E-state index is -0.574. The van der Waals surface area contributed by atoms with Crippen LogP contribution in [-0.2, 0) is 24.4 Å². The number of carbonyl (C=O) groups excluding carboxylic acids is 1. The number of nitrogens with two attached hydrogens (primary N) is 1. The highest BCUT2D eigenvalue weighted by molar-refractivity contribution is 5.78. The average molecular weight is 380 g/mol. The molecule has 1 aromatic heterocycles. The molecule has 3 aromatic rings. The van der Waals surface area contributed by atoms with Crippen molar-refractivity contribution in [3.63, 3.8) is 0 Å². The Hall–Kier alpha value is -3.19. The van der Waals surface area contributed by atoms with Gasteiger partial charge in [0.15, 0.2) is 0 Å². The minimum absolute atomic E-state index is 0.192. The van der Waals surface area contributed by atoms with Crippen molar-refractivity contribution in [2.24, 2.45) is 5.73 Å². The van der Waals surface area contributed by atoms with Gasteiger partial charge in [0.05, 0.1) is 24.1 Å². The number of hydrogen-bond donors (Lipinski definition) is 1. The van der Waals surface area contributed by atoms with Gasteiger partial charge in [0.2, 0.25) is 5.91 Å². The minimum Gasteiger partial charge on any atom is -0.494 e. The van der Waals surface area contributed by atoms with Crippen molar-refractivity contribution in [2.45, 2.75) is 26.6 Å². The first kappa shape index (κ1) is 19.6. The predicted octanol–water partition coefficient (Wildman–Crippen LogP) is 1.91. The van der Waals surface area contributed by atoms with Crippen LogP contribution in [-0.4, -0.2) is 34.0 Å². The van der Waals surface area contributed by atoms with E-state index in [2.05, 4.69) is 4.98 Å². The van der Waals surface area contributed by atoms with Crippen molar-refractivity contribution < 1.29 is 9.53 Å². The molecular formula is C21H24N4O3. The second-order valence-electron chi connectivity index (χ2n) is 6.65. The zero-order chi connectivity index (χ0) is 20.1. The van der Waals surface area contributed by atoms with Gasteiger partial charge in [0.25, 0.3) is 5.56 Å². The van der Waals surface area contributed by atoms with Crippen LogP contribution < -0.4 is 16.0 Å². The molecule has 0 saturated carbocycles. The molecule has 7 nitrogen and oxygen atoms in total. The molecule has 0 aliphatic rings. The molecule has 0 fully saturated rings. The lowest BCUT2D eigenvalue weighted by molar-refractivity contribution is -0.118. The van der Waals surface area contributed by atoms with Crippen molar-refractivity contribution in [3.05, 3.63) is 70.3 Å². The molecule has 146 valence electrons. The normalized spacial score (nSPS) is 11.1. The maximum Gasteiger partial charge on any atom is 0.261 e. The highest BCUT2D eigenvalue weighted by atomic mass is 16.5. The fourth-order valence-electron chi connectivity index (χ4n) is 3.12. The highest BCUT2D eigenvalue weighted by Gasteiger charge is 2.14. The Morgan fingerprint density at radius 3 is 2.54 bits per heavy atom. The number of primary amides is 1. The van der Waals surface area contributed by atoms with Crippen molar-refractivity contribution in [1.82, 2.24) is 14.5 Å². The summed E-state index contributed by atoms with van der Waals surface area (Å²) in [6.45, 7) is 3.45. The molecule has 0 saturated heterocycles. The van der Waals surface area contributed by atoms with Gasteiger partial charge in [0, 0.05) is 6.54 Å². The summed E-state index contributed by atoms with van der Waals surface area (Å²) in [6, 6.07) is 15.0. The molecule has 7 heteroatoms. The Kier molecular flexibility index (Phi) is 6.06. The van der Waals surface area contributed by atoms with Gasteiger partial charge >= 0.3 is 0 Å². The van der Waals surface area contributed by atoms with E-state index < -0.39 is 5.91 Å². The van der Waals surface area contributed by atoms with Gasteiger partial charge in [0.1, 0.15) is 18.1 Å². The van der Waals surface area contributed by atoms with Gasteiger partial charge in [-0.1, -0.05) is 24.3 Å². The maximum atomic E-state index is 12.8. The topological polar surface area (TPSA) is 90.4 Å². The second kappa shape index (κ2) is 8.67. The molecule has 1 heterocycles. The summed E-state index contributed by atoms with van der Waals surface area (Å²) >= 11 is 0. The Morgan fingerprint density at radius 1 is 1.14 bits per heavy atom. The Balaban J connectivity index is 1.85. The van der Waals surface area contributed by atoms with E-state index in [1.54, 1.807) is 18.2 Å². The number of ether oxygens (including phenoxy) is 1. The monoisotopic (exact) mass is 380 g/mol. The Bertz CT molecular complexity index is 1030. The molecule has 0 radical (unpaired) electrons. The third-order valence-corrected chi connectivity index (χ3v) is 4.35. The van der Waals surface area contributed by atoms with E-state index in [0.29, 0.717) is 36.4 Å². The van der Waals surface area contributed by atoms with Crippen LogP contribution in [0.5, 0.6) is 5.75 Å². The zero-order valence-electron chi connectivity index (χ0n) is 16.1. The number of rotatable bonds is 8. The summed E-state index contributed by atoms with van der Waals surface area (Å²) in [5.74, 6) is 0.769. The first-order valence-corrected chi connectivity index (χ1v) is 9.15. The van der Waals surface area contributed by atoms with E-state index in [1.165, 1.54) is 4.57 Å². The Labute approximate surface area is 163 Å². The number of para-hydroxylation sites is 1. The van der Waals surface area contributed by atoms with Crippen molar-refractivity contribution in [1.29, 1.82) is 0 Å². The lowest BCUT2D eigenvalue weighted by Crippen LogP contribution is -2.33. The van der Waals surface area contributed by atoms with E-state index in [-0.39, 0.29) is 12.1 Å². The summed E-state index contributed by atoms with van der Waals surface area (Å²) in [7, 11) is 1.94. The fraction of sp³-hybridized carbons (Fsp3) is 0.286. The standard InChI is InChI=1S/C21H24N4O3/c1-3-28-16-10-8-15(9-11-16)12-24(2)14-20-23-18-7-5-4-6-17(18)21(27)25(20)13-19(22)26/h4-11H,3,12-14H2,1-2H3,(H2,22,26). The predicted molar refractivity (Wildman–Crippen MR) is 108 cm³/mol. The fourth-order valence-corrected chi connectivity index (χ4v) is 3.12. The Morgan fingerprint density at radius 2 is 1.86 bits per heavy atom. The number of benzene rings is 2. The van der Waals surface area contributed by atoms with Gasteiger partial charge in [-0.3, -0.25) is 19.1 Å². The summed E-state index contributed by atoms with van der Waals surface area (Å²) in [6.07, 6.45) is 0. The second-order valence-corrected chi connectivity index (χ2v) is 6.65. The van der Waals surface area contributed by atoms with Crippen LogP contribution in [0.1, 0.15) is 18.3 Å². The number of nitrogens with zero attached hydrogens (tertiary/aromatic N) is 3. The van der Waals surface area contributed by atoms with Crippen molar-refractivity contribution >= 4 is 16.8 Å². The molecule has 3 rings (SSSR count). The van der Waals surface area contributed by atoms with Crippen LogP contribution in [0.15, 0.2) is 53.3 Å². The van der Waals surface area contributed by atoms with Crippen LogP contribution in [0.25, 0.3) is 10.9 Å². The zero-order valence-corrected chi connectivity index (χ0v) is 16.1. The van der Waals surface area contributed by atoms with E-state index in [4.69, 9.17) is 10.5 Å². The van der Waals surface area contributed by atoms with Gasteiger partial charge in [-0.25, -0.2) is 4.98 Å². The summed E-state index contributed by atoms with van der Waals surface area (Å²) < 4.78 is 6.82. The average Bonchev–Trinajstić information content (AvgIpc) is 2.66. The van der Waals surface area contributed by atoms with Crippen molar-refractivity contribution in [2.75, 3.05) is 13.7 Å². The number of aromatic nitrogens is 2. The molecule has 0 bridgehead atoms. The quantitative estimate of drug-likeness (QED) is 0.645. The SMILES string of the molecule is CCOc1ccc(CN(C)Cc2nc3ccccc3c(=O)n2CC(N)=O)cc1. The van der Waals surface area contributed by atoms with Gasteiger partial charge in [-0.2, -0.15) is 0 Å². The molecule has 2 N–H and O–H groups in total. The molecule has 28 heavy (non-hydrogen) atoms. The van der Waals surface area contributed by atoms with Crippen LogP contribution in [0.3, 0.4) is 0 Å². The van der Waals surface area contributed by atoms with Gasteiger partial charge < -0.3 is 10.5 Å². The molecule has 0 aliphatic carbocycles. The smallest absolute Gasteiger partial charge is 0.261 e. The molecule has 1 amide bonds. The van der Waals surface area contributed by atoms with Gasteiger partial charge in [-0.05, 0) is 43.8 Å². The lowest BCUT2D eigenvalue weighted by Gasteiger charge is -2.19. The first-order valence-electron chi connectivity index (χ1n) is 9.15. The summed E-state index contributed by atoms with van der Waals surface area (Å²) in [4.78, 5) is 30.9. The van der Waals surface area contributed by atoms with E-state index in [1.807, 2.05) is 49.2 Å². The number of fused-ring (bicyclic) bond motifs is 1. The number of hydrogen-bond acceptors (Lipinski definition) is 5. The third kappa shape index (κ3) is 4.55. The third-order valence-electron chi connectivity index (χ3n) is 4.35. The van der Waals surface area contributed by atoms with E-state index in [0.717, 1.165) is 11.3 Å². The van der Waals surface area contributed by atoms with Crippen molar-refractivity contribution in [3.8, 4) is 5.75 Å². The van der Waals surface area contributed by atoms with Crippen LogP contribution in [0.4, 0.5) is 0 Å². The molecule has 0 spiro atoms. The maximum absolute atomic E-state index is 12.8. The van der Waals surface area contributed by atoms with Crippen LogP contribution >= 0.6 is 0 Å². The highest BCUT2D eigenvalue weighted by Crippen LogP contribution is 2.15. The molecule has 0 aliphatic heterocycles. The van der Waals surface area contributed by atoms with E-state index in [9.17, 15) is 9.59 Å². The molecule has 2 aromatic carbocycles. The first-order chi connectivity index (χ1) is 13.5. The molecular weight excluding hydrogens is 356 g/mol. The summed E-state index contributed by atoms with van der Waals surface area (Å²) in [5.41, 5.74) is 6.81. The number of carbonyl (C=O) groups is 1. The van der Waals surface area contributed by atoms with Crippen LogP contribution in [0, 0.1) is 0 Å².